The van der Waals surface area contributed by atoms with Crippen LogP contribution in [0, 0.1) is 5.92 Å². The Hall–Kier alpha value is -0.0900. The van der Waals surface area contributed by atoms with E-state index >= 15 is 0 Å². The summed E-state index contributed by atoms with van der Waals surface area (Å²) in [5.74, 6) is 0.412. The lowest BCUT2D eigenvalue weighted by molar-refractivity contribution is 0.0695. The van der Waals surface area contributed by atoms with Gasteiger partial charge in [-0.2, -0.15) is 0 Å². The van der Waals surface area contributed by atoms with E-state index in [2.05, 4.69) is 21.2 Å². The molecule has 0 aromatic heterocycles. The molecule has 1 fully saturated rings. The summed E-state index contributed by atoms with van der Waals surface area (Å²) < 4.78 is 0.932. The Labute approximate surface area is 122 Å². The van der Waals surface area contributed by atoms with E-state index in [1.165, 1.54) is 18.4 Å². The maximum absolute atomic E-state index is 9.88. The molecule has 0 aliphatic heterocycles. The third-order valence-corrected chi connectivity index (χ3v) is 4.80. The number of nitrogens with one attached hydrogen (secondary N) is 1. The lowest BCUT2D eigenvalue weighted by Crippen LogP contribution is -2.33. The smallest absolute Gasteiger partial charge is 0.0580 e. The summed E-state index contributed by atoms with van der Waals surface area (Å²) in [4.78, 5) is 0. The van der Waals surface area contributed by atoms with Crippen LogP contribution in [0.15, 0.2) is 22.7 Å². The van der Waals surface area contributed by atoms with Crippen molar-refractivity contribution in [1.82, 2.24) is 5.32 Å². The van der Waals surface area contributed by atoms with E-state index in [0.29, 0.717) is 5.92 Å². The zero-order chi connectivity index (χ0) is 13.0. The van der Waals surface area contributed by atoms with Crippen LogP contribution in [0.4, 0.5) is 0 Å². The molecule has 100 valence electrons. The monoisotopic (exact) mass is 331 g/mol. The zero-order valence-corrected chi connectivity index (χ0v) is 12.7. The molecule has 0 bridgehead atoms. The van der Waals surface area contributed by atoms with Crippen LogP contribution in [0.3, 0.4) is 0 Å². The molecular formula is C14H19BrClNO. The first-order chi connectivity index (χ1) is 8.66. The van der Waals surface area contributed by atoms with Crippen molar-refractivity contribution in [3.63, 3.8) is 0 Å². The number of hydrogen-bond donors (Lipinski definition) is 2. The predicted octanol–water partition coefficient (Wildman–Crippen LogP) is 3.74. The number of rotatable bonds is 4. The van der Waals surface area contributed by atoms with Crippen LogP contribution in [0.5, 0.6) is 0 Å². The van der Waals surface area contributed by atoms with Crippen molar-refractivity contribution in [2.75, 3.05) is 6.54 Å². The predicted molar refractivity (Wildman–Crippen MR) is 78.8 cm³/mol. The molecule has 0 saturated heterocycles. The second-order valence-electron chi connectivity index (χ2n) is 4.99. The summed E-state index contributed by atoms with van der Waals surface area (Å²) in [6, 6.07) is 5.96. The largest absolute Gasteiger partial charge is 0.393 e. The molecule has 0 radical (unpaired) electrons. The van der Waals surface area contributed by atoms with Crippen molar-refractivity contribution in [2.24, 2.45) is 5.92 Å². The molecule has 2 atom stereocenters. The van der Waals surface area contributed by atoms with Gasteiger partial charge in [0.1, 0.15) is 0 Å². The van der Waals surface area contributed by atoms with Crippen LogP contribution < -0.4 is 5.32 Å². The summed E-state index contributed by atoms with van der Waals surface area (Å²) in [6.45, 7) is 1.71. The Balaban J connectivity index is 1.79. The van der Waals surface area contributed by atoms with Gasteiger partial charge in [-0.15, -0.1) is 0 Å². The lowest BCUT2D eigenvalue weighted by atomic mass is 9.86. The Kier molecular flexibility index (Phi) is 5.49. The average molecular weight is 333 g/mol. The molecule has 2 N–H and O–H groups in total. The quantitative estimate of drug-likeness (QED) is 0.880. The maximum atomic E-state index is 9.88. The molecule has 18 heavy (non-hydrogen) atoms. The molecule has 1 aromatic rings. The molecule has 2 nitrogen and oxygen atoms in total. The highest BCUT2D eigenvalue weighted by Crippen LogP contribution is 2.25. The molecule has 4 heteroatoms. The van der Waals surface area contributed by atoms with Gasteiger partial charge >= 0.3 is 0 Å². The van der Waals surface area contributed by atoms with Crippen molar-refractivity contribution in [3.05, 3.63) is 33.3 Å². The number of aliphatic hydroxyl groups excluding tert-OH is 1. The fourth-order valence-electron chi connectivity index (χ4n) is 2.48. The van der Waals surface area contributed by atoms with E-state index in [0.717, 1.165) is 35.4 Å². The van der Waals surface area contributed by atoms with Gasteiger partial charge in [0, 0.05) is 17.6 Å². The highest BCUT2D eigenvalue weighted by atomic mass is 79.9. The van der Waals surface area contributed by atoms with Gasteiger partial charge in [-0.1, -0.05) is 30.5 Å². The average Bonchev–Trinajstić information content (AvgIpc) is 2.36. The van der Waals surface area contributed by atoms with E-state index in [-0.39, 0.29) is 6.10 Å². The number of hydrogen-bond acceptors (Lipinski definition) is 2. The fraction of sp³-hybridized carbons (Fsp3) is 0.571. The molecule has 2 rings (SSSR count). The topological polar surface area (TPSA) is 32.3 Å². The Morgan fingerprint density at radius 1 is 1.33 bits per heavy atom. The maximum Gasteiger partial charge on any atom is 0.0580 e. The highest BCUT2D eigenvalue weighted by Gasteiger charge is 2.22. The van der Waals surface area contributed by atoms with Gasteiger partial charge in [0.2, 0.25) is 0 Å². The SMILES string of the molecule is OC1CCCCC1CNCc1ccc(Cl)c(Br)c1. The van der Waals surface area contributed by atoms with Crippen molar-refractivity contribution in [3.8, 4) is 0 Å². The molecule has 2 unspecified atom stereocenters. The van der Waals surface area contributed by atoms with E-state index in [1.807, 2.05) is 18.2 Å². The Bertz CT molecular complexity index is 399. The summed E-state index contributed by atoms with van der Waals surface area (Å²) in [7, 11) is 0. The minimum atomic E-state index is -0.122. The first kappa shape index (κ1) is 14.3. The number of halogens is 2. The minimum absolute atomic E-state index is 0.122. The van der Waals surface area contributed by atoms with E-state index in [9.17, 15) is 5.11 Å². The standard InChI is InChI=1S/C14H19BrClNO/c15-12-7-10(5-6-13(12)16)8-17-9-11-3-1-2-4-14(11)18/h5-7,11,14,17-18H,1-4,8-9H2. The van der Waals surface area contributed by atoms with Gasteiger partial charge in [0.25, 0.3) is 0 Å². The third-order valence-electron chi connectivity index (χ3n) is 3.59. The zero-order valence-electron chi connectivity index (χ0n) is 10.3. The lowest BCUT2D eigenvalue weighted by Gasteiger charge is -2.27. The second kappa shape index (κ2) is 6.90. The molecule has 0 spiro atoms. The van der Waals surface area contributed by atoms with E-state index in [1.54, 1.807) is 0 Å². The van der Waals surface area contributed by atoms with Gasteiger partial charge in [0.05, 0.1) is 11.1 Å². The van der Waals surface area contributed by atoms with Crippen molar-refractivity contribution in [1.29, 1.82) is 0 Å². The summed E-state index contributed by atoms with van der Waals surface area (Å²) in [5.41, 5.74) is 1.21. The first-order valence-electron chi connectivity index (χ1n) is 6.49. The minimum Gasteiger partial charge on any atom is -0.393 e. The van der Waals surface area contributed by atoms with Crippen LogP contribution in [-0.2, 0) is 6.54 Å². The van der Waals surface area contributed by atoms with Crippen LogP contribution >= 0.6 is 27.5 Å². The van der Waals surface area contributed by atoms with Crippen LogP contribution in [-0.4, -0.2) is 17.8 Å². The van der Waals surface area contributed by atoms with Gasteiger partial charge in [-0.3, -0.25) is 0 Å². The Morgan fingerprint density at radius 3 is 2.83 bits per heavy atom. The summed E-state index contributed by atoms with van der Waals surface area (Å²) in [6.07, 6.45) is 4.39. The van der Waals surface area contributed by atoms with Gasteiger partial charge in [-0.05, 0) is 52.4 Å². The van der Waals surface area contributed by atoms with E-state index in [4.69, 9.17) is 11.6 Å². The fourth-order valence-corrected chi connectivity index (χ4v) is 3.02. The summed E-state index contributed by atoms with van der Waals surface area (Å²) in [5, 5.41) is 14.0. The molecule has 1 aliphatic rings. The van der Waals surface area contributed by atoms with Gasteiger partial charge in [-0.25, -0.2) is 0 Å². The van der Waals surface area contributed by atoms with Crippen LogP contribution in [0.25, 0.3) is 0 Å². The highest BCUT2D eigenvalue weighted by molar-refractivity contribution is 9.10. The first-order valence-corrected chi connectivity index (χ1v) is 7.66. The molecular weight excluding hydrogens is 314 g/mol. The molecule has 1 aliphatic carbocycles. The second-order valence-corrected chi connectivity index (χ2v) is 6.25. The van der Waals surface area contributed by atoms with Crippen molar-refractivity contribution >= 4 is 27.5 Å². The number of aliphatic hydroxyl groups is 1. The van der Waals surface area contributed by atoms with Crippen LogP contribution in [0.2, 0.25) is 5.02 Å². The molecule has 0 heterocycles. The van der Waals surface area contributed by atoms with Crippen LogP contribution in [0.1, 0.15) is 31.2 Å². The normalized spacial score (nSPS) is 24.2. The van der Waals surface area contributed by atoms with E-state index < -0.39 is 0 Å². The van der Waals surface area contributed by atoms with Crippen molar-refractivity contribution < 1.29 is 5.11 Å². The molecule has 1 saturated carbocycles. The summed E-state index contributed by atoms with van der Waals surface area (Å²) >= 11 is 9.38. The third kappa shape index (κ3) is 3.95. The van der Waals surface area contributed by atoms with Crippen molar-refractivity contribution in [2.45, 2.75) is 38.3 Å². The van der Waals surface area contributed by atoms with Gasteiger partial charge < -0.3 is 10.4 Å². The Morgan fingerprint density at radius 2 is 2.11 bits per heavy atom. The van der Waals surface area contributed by atoms with Gasteiger partial charge in [0.15, 0.2) is 0 Å². The molecule has 1 aromatic carbocycles. The molecule has 0 amide bonds. The number of benzene rings is 1.